The highest BCUT2D eigenvalue weighted by Crippen LogP contribution is 2.28. The monoisotopic (exact) mass is 377 g/mol. The van der Waals surface area contributed by atoms with E-state index in [1.807, 2.05) is 31.1 Å². The molecule has 0 saturated carbocycles. The van der Waals surface area contributed by atoms with Crippen LogP contribution in [0.1, 0.15) is 26.5 Å². The number of carboxylic acid groups (broad SMARTS) is 1. The van der Waals surface area contributed by atoms with Crippen LogP contribution in [0.2, 0.25) is 0 Å². The summed E-state index contributed by atoms with van der Waals surface area (Å²) in [5.41, 5.74) is 1.88. The number of rotatable bonds is 6. The number of allylic oxidation sites excluding steroid dienone is 1. The third kappa shape index (κ3) is 4.12. The zero-order valence-corrected chi connectivity index (χ0v) is 15.4. The molecule has 0 radical (unpaired) electrons. The Kier molecular flexibility index (Phi) is 5.31. The molecule has 0 bridgehead atoms. The maximum atomic E-state index is 12.3. The number of hydrogen-bond donors (Lipinski definition) is 2. The highest BCUT2D eigenvalue weighted by Gasteiger charge is 2.13. The number of carboxylic acids is 1. The lowest BCUT2D eigenvalue weighted by Gasteiger charge is -2.11. The van der Waals surface area contributed by atoms with Gasteiger partial charge in [0.05, 0.1) is 0 Å². The van der Waals surface area contributed by atoms with Crippen LogP contribution in [-0.2, 0) is 0 Å². The molecular formula is C22H19NO5. The number of nitrogens with zero attached hydrogens (tertiary/aromatic N) is 1. The van der Waals surface area contributed by atoms with Gasteiger partial charge >= 0.3 is 5.97 Å². The topological polar surface area (TPSA) is 91.0 Å². The largest absolute Gasteiger partial charge is 0.507 e. The second kappa shape index (κ2) is 7.84. The third-order valence-corrected chi connectivity index (χ3v) is 4.21. The van der Waals surface area contributed by atoms with Crippen LogP contribution in [0.15, 0.2) is 65.1 Å². The van der Waals surface area contributed by atoms with Crippen molar-refractivity contribution < 1.29 is 24.2 Å². The van der Waals surface area contributed by atoms with Crippen molar-refractivity contribution in [2.75, 3.05) is 19.0 Å². The van der Waals surface area contributed by atoms with Gasteiger partial charge in [0.2, 0.25) is 0 Å². The Bertz CT molecular complexity index is 1050. The third-order valence-electron chi connectivity index (χ3n) is 4.21. The van der Waals surface area contributed by atoms with Gasteiger partial charge in [-0.25, -0.2) is 4.79 Å². The molecule has 6 nitrogen and oxygen atoms in total. The molecule has 0 aliphatic carbocycles. The van der Waals surface area contributed by atoms with Crippen molar-refractivity contribution in [1.29, 1.82) is 0 Å². The van der Waals surface area contributed by atoms with E-state index in [1.165, 1.54) is 18.2 Å². The van der Waals surface area contributed by atoms with E-state index in [4.69, 9.17) is 9.52 Å². The van der Waals surface area contributed by atoms with Crippen LogP contribution in [-0.4, -0.2) is 36.1 Å². The molecular weight excluding hydrogens is 358 g/mol. The Labute approximate surface area is 162 Å². The quantitative estimate of drug-likeness (QED) is 0.491. The summed E-state index contributed by atoms with van der Waals surface area (Å²) in [7, 11) is 3.86. The Morgan fingerprint density at radius 1 is 1.00 bits per heavy atom. The average Bonchev–Trinajstić information content (AvgIpc) is 3.15. The summed E-state index contributed by atoms with van der Waals surface area (Å²) in [5.74, 6) is -0.796. The molecule has 142 valence electrons. The number of aromatic carboxylic acids is 1. The molecule has 0 spiro atoms. The number of aromatic hydroxyl groups is 1. The molecule has 28 heavy (non-hydrogen) atoms. The standard InChI is InChI=1S/C22H19NO5/c1-23(2)16-6-3-14(4-7-16)19(24)11-8-17-9-12-21(28-17)15-5-10-20(25)18(13-15)22(26)27/h3-13,25H,1-2H3,(H,26,27)/b11-8+. The first-order chi connectivity index (χ1) is 13.3. The molecule has 0 fully saturated rings. The van der Waals surface area contributed by atoms with Gasteiger partial charge in [-0.3, -0.25) is 4.79 Å². The molecule has 6 heteroatoms. The average molecular weight is 377 g/mol. The number of carbonyl (C=O) groups is 2. The molecule has 0 atom stereocenters. The van der Waals surface area contributed by atoms with Crippen molar-refractivity contribution in [2.45, 2.75) is 0 Å². The Balaban J connectivity index is 1.76. The fourth-order valence-electron chi connectivity index (χ4n) is 2.64. The van der Waals surface area contributed by atoms with E-state index >= 15 is 0 Å². The molecule has 0 unspecified atom stereocenters. The summed E-state index contributed by atoms with van der Waals surface area (Å²) < 4.78 is 5.66. The van der Waals surface area contributed by atoms with Gasteiger partial charge in [-0.15, -0.1) is 0 Å². The van der Waals surface area contributed by atoms with Crippen LogP contribution in [0.25, 0.3) is 17.4 Å². The predicted molar refractivity (Wildman–Crippen MR) is 107 cm³/mol. The molecule has 1 aromatic heterocycles. The van der Waals surface area contributed by atoms with Gasteiger partial charge < -0.3 is 19.5 Å². The van der Waals surface area contributed by atoms with Crippen molar-refractivity contribution >= 4 is 23.5 Å². The van der Waals surface area contributed by atoms with E-state index in [0.29, 0.717) is 22.6 Å². The minimum atomic E-state index is -1.23. The number of carbonyl (C=O) groups excluding carboxylic acids is 1. The minimum Gasteiger partial charge on any atom is -0.507 e. The number of ketones is 1. The van der Waals surface area contributed by atoms with E-state index in [1.54, 1.807) is 36.4 Å². The Hall–Kier alpha value is -3.80. The first kappa shape index (κ1) is 19.0. The molecule has 1 heterocycles. The van der Waals surface area contributed by atoms with Crippen LogP contribution >= 0.6 is 0 Å². The zero-order chi connectivity index (χ0) is 20.3. The summed E-state index contributed by atoms with van der Waals surface area (Å²) in [6.07, 6.45) is 2.98. The zero-order valence-electron chi connectivity index (χ0n) is 15.4. The van der Waals surface area contributed by atoms with Gasteiger partial charge in [-0.2, -0.15) is 0 Å². The highest BCUT2D eigenvalue weighted by atomic mass is 16.4. The van der Waals surface area contributed by atoms with Crippen molar-refractivity contribution in [1.82, 2.24) is 0 Å². The second-order valence-corrected chi connectivity index (χ2v) is 6.38. The first-order valence-electron chi connectivity index (χ1n) is 8.51. The molecule has 2 aromatic carbocycles. The molecule has 2 N–H and O–H groups in total. The fourth-order valence-corrected chi connectivity index (χ4v) is 2.64. The predicted octanol–water partition coefficient (Wildman–Crippen LogP) is 4.31. The highest BCUT2D eigenvalue weighted by molar-refractivity contribution is 6.06. The molecule has 3 aromatic rings. The number of hydrogen-bond acceptors (Lipinski definition) is 5. The van der Waals surface area contributed by atoms with Crippen LogP contribution in [0.3, 0.4) is 0 Å². The van der Waals surface area contributed by atoms with Gasteiger partial charge in [0.1, 0.15) is 22.8 Å². The number of benzene rings is 2. The lowest BCUT2D eigenvalue weighted by Crippen LogP contribution is -2.08. The van der Waals surface area contributed by atoms with Gasteiger partial charge in [-0.05, 0) is 66.7 Å². The molecule has 0 aliphatic heterocycles. The van der Waals surface area contributed by atoms with E-state index < -0.39 is 5.97 Å². The molecule has 0 amide bonds. The molecule has 0 aliphatic rings. The summed E-state index contributed by atoms with van der Waals surface area (Å²) >= 11 is 0. The number of furan rings is 1. The lowest BCUT2D eigenvalue weighted by molar-refractivity contribution is 0.0693. The first-order valence-corrected chi connectivity index (χ1v) is 8.51. The van der Waals surface area contributed by atoms with Crippen LogP contribution in [0.5, 0.6) is 5.75 Å². The summed E-state index contributed by atoms with van der Waals surface area (Å²) in [6, 6.07) is 14.8. The van der Waals surface area contributed by atoms with E-state index in [2.05, 4.69) is 0 Å². The maximum absolute atomic E-state index is 12.3. The van der Waals surface area contributed by atoms with Gasteiger partial charge in [-0.1, -0.05) is 0 Å². The Morgan fingerprint density at radius 3 is 2.36 bits per heavy atom. The van der Waals surface area contributed by atoms with Crippen molar-refractivity contribution in [3.63, 3.8) is 0 Å². The Morgan fingerprint density at radius 2 is 1.71 bits per heavy atom. The summed E-state index contributed by atoms with van der Waals surface area (Å²) in [5, 5.41) is 18.7. The van der Waals surface area contributed by atoms with Crippen LogP contribution < -0.4 is 4.90 Å². The van der Waals surface area contributed by atoms with Gasteiger partial charge in [0.15, 0.2) is 5.78 Å². The van der Waals surface area contributed by atoms with Crippen LogP contribution in [0, 0.1) is 0 Å². The van der Waals surface area contributed by atoms with E-state index in [-0.39, 0.29) is 17.1 Å². The minimum absolute atomic E-state index is 0.152. The van der Waals surface area contributed by atoms with Crippen molar-refractivity contribution in [3.05, 3.63) is 77.6 Å². The van der Waals surface area contributed by atoms with Crippen molar-refractivity contribution in [2.24, 2.45) is 0 Å². The summed E-state index contributed by atoms with van der Waals surface area (Å²) in [4.78, 5) is 25.4. The van der Waals surface area contributed by atoms with Crippen LogP contribution in [0.4, 0.5) is 5.69 Å². The van der Waals surface area contributed by atoms with Crippen molar-refractivity contribution in [3.8, 4) is 17.1 Å². The maximum Gasteiger partial charge on any atom is 0.339 e. The smallest absolute Gasteiger partial charge is 0.339 e. The van der Waals surface area contributed by atoms with Gasteiger partial charge in [0.25, 0.3) is 0 Å². The normalized spacial score (nSPS) is 10.9. The molecule has 3 rings (SSSR count). The van der Waals surface area contributed by atoms with E-state index in [0.717, 1.165) is 5.69 Å². The number of anilines is 1. The fraction of sp³-hybridized carbons (Fsp3) is 0.0909. The SMILES string of the molecule is CN(C)c1ccc(C(=O)/C=C/c2ccc(-c3ccc(O)c(C(=O)O)c3)o2)cc1. The lowest BCUT2D eigenvalue weighted by atomic mass is 10.1. The number of phenols is 1. The second-order valence-electron chi connectivity index (χ2n) is 6.38. The van der Waals surface area contributed by atoms with Gasteiger partial charge in [0, 0.05) is 30.9 Å². The molecule has 0 saturated heterocycles. The summed E-state index contributed by atoms with van der Waals surface area (Å²) in [6.45, 7) is 0. The van der Waals surface area contributed by atoms with E-state index in [9.17, 15) is 14.7 Å².